The first-order valence-electron chi connectivity index (χ1n) is 12.7. The molecule has 4 aromatic rings. The van der Waals surface area contributed by atoms with E-state index in [0.717, 1.165) is 17.6 Å². The number of hydrogen-bond donors (Lipinski definition) is 1. The van der Waals surface area contributed by atoms with Crippen LogP contribution in [0, 0.1) is 21.4 Å². The quantitative estimate of drug-likeness (QED) is 0.203. The summed E-state index contributed by atoms with van der Waals surface area (Å²) >= 11 is 1.18. The summed E-state index contributed by atoms with van der Waals surface area (Å²) in [6.45, 7) is 6.56. The van der Waals surface area contributed by atoms with Crippen LogP contribution in [0.25, 0.3) is 22.6 Å². The van der Waals surface area contributed by atoms with Crippen molar-refractivity contribution in [2.24, 2.45) is 18.4 Å². The molecule has 1 aliphatic rings. The molecule has 0 unspecified atom stereocenters. The van der Waals surface area contributed by atoms with E-state index in [9.17, 15) is 20.0 Å². The number of para-hydroxylation sites is 1. The van der Waals surface area contributed by atoms with Crippen molar-refractivity contribution in [1.29, 1.82) is 0 Å². The molecule has 2 aromatic carbocycles. The smallest absolute Gasteiger partial charge is 0.336 e. The van der Waals surface area contributed by atoms with Crippen LogP contribution < -0.4 is 0 Å². The fourth-order valence-electron chi connectivity index (χ4n) is 5.13. The standard InChI is InChI=1S/C29H29N5O4S/c1-5-29(2,3)19-14-18(26-21(15-19)25(27(35)36)20-8-6-7-9-22(20)31-26)12-17-10-11-24(23(13-17)34(37)38)39-28-32-30-16-33(28)4/h6-13,16,19H,5,14-15H2,1-4H3,(H,35,36)/b18-12-/t19-/m1/s1. The maximum Gasteiger partial charge on any atom is 0.336 e. The van der Waals surface area contributed by atoms with Crippen LogP contribution in [-0.4, -0.2) is 35.7 Å². The van der Waals surface area contributed by atoms with Crippen LogP contribution in [0.2, 0.25) is 0 Å². The van der Waals surface area contributed by atoms with Crippen molar-refractivity contribution in [1.82, 2.24) is 19.7 Å². The van der Waals surface area contributed by atoms with Gasteiger partial charge in [-0.1, -0.05) is 51.5 Å². The maximum atomic E-state index is 12.6. The molecule has 0 spiro atoms. The maximum absolute atomic E-state index is 12.6. The molecule has 10 heteroatoms. The van der Waals surface area contributed by atoms with Gasteiger partial charge in [0.1, 0.15) is 6.33 Å². The molecule has 2 heterocycles. The number of nitro groups is 1. The monoisotopic (exact) mass is 543 g/mol. The van der Waals surface area contributed by atoms with Crippen LogP contribution in [0.3, 0.4) is 0 Å². The molecule has 0 aliphatic heterocycles. The highest BCUT2D eigenvalue weighted by Crippen LogP contribution is 2.46. The molecule has 2 aromatic heterocycles. The van der Waals surface area contributed by atoms with Crippen molar-refractivity contribution in [3.05, 3.63) is 81.3 Å². The largest absolute Gasteiger partial charge is 0.478 e. The van der Waals surface area contributed by atoms with Gasteiger partial charge in [0, 0.05) is 18.5 Å². The van der Waals surface area contributed by atoms with E-state index < -0.39 is 10.9 Å². The van der Waals surface area contributed by atoms with E-state index in [1.54, 1.807) is 36.1 Å². The zero-order valence-electron chi connectivity index (χ0n) is 22.2. The minimum atomic E-state index is -0.972. The Labute approximate surface area is 230 Å². The van der Waals surface area contributed by atoms with Crippen molar-refractivity contribution in [3.63, 3.8) is 0 Å². The van der Waals surface area contributed by atoms with Gasteiger partial charge in [0.2, 0.25) is 0 Å². The van der Waals surface area contributed by atoms with Gasteiger partial charge in [-0.3, -0.25) is 10.1 Å². The lowest BCUT2D eigenvalue weighted by atomic mass is 9.67. The first-order chi connectivity index (χ1) is 18.6. The second kappa shape index (κ2) is 10.3. The minimum absolute atomic E-state index is 0.0310. The molecule has 0 radical (unpaired) electrons. The Morgan fingerprint density at radius 1 is 1.26 bits per heavy atom. The average Bonchev–Trinajstić information content (AvgIpc) is 3.31. The van der Waals surface area contributed by atoms with E-state index >= 15 is 0 Å². The zero-order chi connectivity index (χ0) is 27.9. The molecule has 200 valence electrons. The second-order valence-corrected chi connectivity index (χ2v) is 11.6. The number of aryl methyl sites for hydroxylation is 1. The van der Waals surface area contributed by atoms with Crippen LogP contribution in [0.4, 0.5) is 5.69 Å². The normalized spacial score (nSPS) is 16.4. The molecule has 5 rings (SSSR count). The number of allylic oxidation sites excluding steroid dienone is 1. The molecular weight excluding hydrogens is 514 g/mol. The third-order valence-electron chi connectivity index (χ3n) is 7.84. The number of aromatic carboxylic acids is 1. The van der Waals surface area contributed by atoms with Gasteiger partial charge in [0.25, 0.3) is 5.69 Å². The van der Waals surface area contributed by atoms with Crippen molar-refractivity contribution in [2.45, 2.75) is 50.1 Å². The van der Waals surface area contributed by atoms with E-state index in [0.29, 0.717) is 50.6 Å². The van der Waals surface area contributed by atoms with Gasteiger partial charge in [0.15, 0.2) is 5.16 Å². The Bertz CT molecular complexity index is 1640. The average molecular weight is 544 g/mol. The molecular formula is C29H29N5O4S. The molecule has 0 saturated carbocycles. The first-order valence-corrected chi connectivity index (χ1v) is 13.6. The van der Waals surface area contributed by atoms with Crippen molar-refractivity contribution >= 4 is 46.0 Å². The minimum Gasteiger partial charge on any atom is -0.478 e. The van der Waals surface area contributed by atoms with E-state index in [4.69, 9.17) is 4.98 Å². The van der Waals surface area contributed by atoms with Crippen LogP contribution >= 0.6 is 11.8 Å². The number of carboxylic acid groups (broad SMARTS) is 1. The topological polar surface area (TPSA) is 124 Å². The Morgan fingerprint density at radius 2 is 2.03 bits per heavy atom. The highest BCUT2D eigenvalue weighted by Gasteiger charge is 2.36. The number of hydrogen-bond acceptors (Lipinski definition) is 7. The van der Waals surface area contributed by atoms with Crippen molar-refractivity contribution in [2.75, 3.05) is 0 Å². The van der Waals surface area contributed by atoms with E-state index in [1.807, 2.05) is 30.3 Å². The number of carbonyl (C=O) groups is 1. The lowest BCUT2D eigenvalue weighted by Gasteiger charge is -2.38. The summed E-state index contributed by atoms with van der Waals surface area (Å²) in [6.07, 6.45) is 5.71. The fourth-order valence-corrected chi connectivity index (χ4v) is 5.98. The molecule has 0 saturated heterocycles. The summed E-state index contributed by atoms with van der Waals surface area (Å²) < 4.78 is 1.70. The van der Waals surface area contributed by atoms with Crippen LogP contribution in [-0.2, 0) is 13.5 Å². The van der Waals surface area contributed by atoms with E-state index in [-0.39, 0.29) is 17.0 Å². The molecule has 1 aliphatic carbocycles. The van der Waals surface area contributed by atoms with Gasteiger partial charge in [-0.2, -0.15) is 0 Å². The van der Waals surface area contributed by atoms with Gasteiger partial charge < -0.3 is 9.67 Å². The highest BCUT2D eigenvalue weighted by atomic mass is 32.2. The summed E-state index contributed by atoms with van der Waals surface area (Å²) in [5.41, 5.74) is 3.78. The summed E-state index contributed by atoms with van der Waals surface area (Å²) in [6, 6.07) is 12.4. The predicted molar refractivity (Wildman–Crippen MR) is 151 cm³/mol. The highest BCUT2D eigenvalue weighted by molar-refractivity contribution is 7.99. The van der Waals surface area contributed by atoms with Crippen LogP contribution in [0.1, 0.15) is 60.8 Å². The molecule has 1 atom stereocenters. The zero-order valence-corrected chi connectivity index (χ0v) is 23.0. The predicted octanol–water partition coefficient (Wildman–Crippen LogP) is 6.66. The number of rotatable bonds is 7. The molecule has 39 heavy (non-hydrogen) atoms. The third kappa shape index (κ3) is 5.04. The van der Waals surface area contributed by atoms with Gasteiger partial charge in [-0.15, -0.1) is 10.2 Å². The van der Waals surface area contributed by atoms with Gasteiger partial charge in [-0.05, 0) is 70.8 Å². The Kier molecular flexibility index (Phi) is 6.98. The Hall–Kier alpha value is -4.05. The number of benzene rings is 2. The Morgan fingerprint density at radius 3 is 2.69 bits per heavy atom. The molecule has 0 fully saturated rings. The van der Waals surface area contributed by atoms with Gasteiger partial charge in [0.05, 0.1) is 26.6 Å². The number of pyridine rings is 1. The summed E-state index contributed by atoms with van der Waals surface area (Å²) in [5, 5.41) is 31.3. The van der Waals surface area contributed by atoms with E-state index in [1.165, 1.54) is 11.8 Å². The van der Waals surface area contributed by atoms with Crippen molar-refractivity contribution < 1.29 is 14.8 Å². The number of nitrogens with zero attached hydrogens (tertiary/aromatic N) is 5. The van der Waals surface area contributed by atoms with Crippen LogP contribution in [0.15, 0.2) is 58.8 Å². The van der Waals surface area contributed by atoms with Gasteiger partial charge in [-0.25, -0.2) is 9.78 Å². The molecule has 0 bridgehead atoms. The Balaban J connectivity index is 1.67. The first kappa shape index (κ1) is 26.6. The lowest BCUT2D eigenvalue weighted by Crippen LogP contribution is -2.30. The molecule has 9 nitrogen and oxygen atoms in total. The fraction of sp³-hybridized carbons (Fsp3) is 0.310. The van der Waals surface area contributed by atoms with E-state index in [2.05, 4.69) is 31.0 Å². The third-order valence-corrected chi connectivity index (χ3v) is 8.95. The number of nitro benzene ring substituents is 1. The number of aromatic nitrogens is 4. The SMILES string of the molecule is CCC(C)(C)[C@@H]1C/C(=C/c2ccc(Sc3nncn3C)c([N+](=O)[O-])c2)c2nc3ccccc3c(C(=O)O)c2C1. The number of fused-ring (bicyclic) bond motifs is 2. The molecule has 0 amide bonds. The summed E-state index contributed by atoms with van der Waals surface area (Å²) in [5.74, 6) is -0.789. The lowest BCUT2D eigenvalue weighted by molar-refractivity contribution is -0.387. The van der Waals surface area contributed by atoms with Crippen molar-refractivity contribution in [3.8, 4) is 0 Å². The van der Waals surface area contributed by atoms with Gasteiger partial charge >= 0.3 is 5.97 Å². The second-order valence-electron chi connectivity index (χ2n) is 10.6. The number of carboxylic acids is 1. The van der Waals surface area contributed by atoms with Crippen LogP contribution in [0.5, 0.6) is 0 Å². The molecule has 1 N–H and O–H groups in total. The summed E-state index contributed by atoms with van der Waals surface area (Å²) in [4.78, 5) is 29.6. The summed E-state index contributed by atoms with van der Waals surface area (Å²) in [7, 11) is 1.78.